The van der Waals surface area contributed by atoms with Gasteiger partial charge in [-0.25, -0.2) is 0 Å². The lowest BCUT2D eigenvalue weighted by Gasteiger charge is -2.15. The molecule has 1 aromatic heterocycles. The number of nitrogens with one attached hydrogen (secondary N) is 1. The molecule has 0 bridgehead atoms. The Morgan fingerprint density at radius 1 is 1.12 bits per heavy atom. The first kappa shape index (κ1) is 25.4. The molecular formula is C24H30N2O5S. The second-order valence-electron chi connectivity index (χ2n) is 7.61. The van der Waals surface area contributed by atoms with E-state index in [1.807, 2.05) is 49.6 Å². The smallest absolute Gasteiger partial charge is 0.308 e. The average molecular weight is 459 g/mol. The number of thioether (sulfide) groups is 1. The molecule has 0 radical (unpaired) electrons. The minimum atomic E-state index is -0.337. The van der Waals surface area contributed by atoms with Crippen LogP contribution in [-0.2, 0) is 32.0 Å². The monoisotopic (exact) mass is 458 g/mol. The zero-order valence-electron chi connectivity index (χ0n) is 18.9. The molecule has 0 saturated heterocycles. The van der Waals surface area contributed by atoms with Gasteiger partial charge in [0.15, 0.2) is 0 Å². The summed E-state index contributed by atoms with van der Waals surface area (Å²) in [6, 6.07) is 11.4. The highest BCUT2D eigenvalue weighted by atomic mass is 32.2. The van der Waals surface area contributed by atoms with E-state index in [1.54, 1.807) is 20.0 Å². The lowest BCUT2D eigenvalue weighted by Crippen LogP contribution is -2.32. The van der Waals surface area contributed by atoms with Gasteiger partial charge in [0.1, 0.15) is 11.9 Å². The molecule has 2 aromatic rings. The van der Waals surface area contributed by atoms with Crippen LogP contribution in [0.4, 0.5) is 0 Å². The van der Waals surface area contributed by atoms with E-state index in [4.69, 9.17) is 9.47 Å². The van der Waals surface area contributed by atoms with Crippen molar-refractivity contribution in [2.45, 2.75) is 45.0 Å². The summed E-state index contributed by atoms with van der Waals surface area (Å²) in [5, 5.41) is 1.88. The summed E-state index contributed by atoms with van der Waals surface area (Å²) in [6.45, 7) is 5.91. The summed E-state index contributed by atoms with van der Waals surface area (Å²) < 4.78 is 11.2. The highest BCUT2D eigenvalue weighted by molar-refractivity contribution is 7.99. The van der Waals surface area contributed by atoms with Crippen molar-refractivity contribution in [1.82, 2.24) is 10.3 Å². The molecule has 0 spiro atoms. The molecule has 0 fully saturated rings. The highest BCUT2D eigenvalue weighted by Gasteiger charge is 2.17. The third kappa shape index (κ3) is 8.00. The van der Waals surface area contributed by atoms with E-state index in [-0.39, 0.29) is 29.1 Å². The fourth-order valence-electron chi connectivity index (χ4n) is 2.85. The maximum atomic E-state index is 11.8. The topological polar surface area (TPSA) is 94.6 Å². The van der Waals surface area contributed by atoms with E-state index in [0.29, 0.717) is 25.9 Å². The first-order valence-corrected chi connectivity index (χ1v) is 11.8. The fraction of sp³-hybridized carbons (Fsp3) is 0.417. The molecular weight excluding hydrogens is 428 g/mol. The van der Waals surface area contributed by atoms with Crippen molar-refractivity contribution in [3.05, 3.63) is 59.4 Å². The summed E-state index contributed by atoms with van der Waals surface area (Å²) in [5.74, 6) is 0.0514. The number of aromatic nitrogens is 1. The van der Waals surface area contributed by atoms with Crippen LogP contribution in [0.25, 0.3) is 0 Å². The van der Waals surface area contributed by atoms with Gasteiger partial charge in [-0.05, 0) is 43.4 Å². The Labute approximate surface area is 193 Å². The third-order valence-electron chi connectivity index (χ3n) is 4.83. The number of amides is 2. The standard InChI is InChI=1S/C24H30N2O5S/c1-16(2)24(29)31-17(3)19-7-8-20(25-14-19)11-12-30-21-9-5-18(6-10-21)13-22(32-4)23(28)26-15-27/h5-10,14-17,22H,11-13H2,1-4H3,(H,26,27,28). The first-order valence-electron chi connectivity index (χ1n) is 10.5. The van der Waals surface area contributed by atoms with E-state index in [1.165, 1.54) is 11.8 Å². The molecule has 2 atom stereocenters. The van der Waals surface area contributed by atoms with E-state index >= 15 is 0 Å². The maximum Gasteiger partial charge on any atom is 0.308 e. The SMILES string of the molecule is CSC(Cc1ccc(OCCc2ccc(C(C)OC(=O)C(C)C)cn2)cc1)C(=O)NC=O. The average Bonchev–Trinajstić information content (AvgIpc) is 2.78. The first-order chi connectivity index (χ1) is 15.3. The van der Waals surface area contributed by atoms with Gasteiger partial charge < -0.3 is 9.47 Å². The van der Waals surface area contributed by atoms with Gasteiger partial charge >= 0.3 is 5.97 Å². The van der Waals surface area contributed by atoms with Crippen LogP contribution in [-0.4, -0.2) is 41.4 Å². The third-order valence-corrected chi connectivity index (χ3v) is 5.78. The Hall–Kier alpha value is -2.87. The minimum Gasteiger partial charge on any atom is -0.493 e. The van der Waals surface area contributed by atoms with Crippen LogP contribution < -0.4 is 10.1 Å². The molecule has 1 aromatic carbocycles. The molecule has 1 heterocycles. The number of carbonyl (C=O) groups excluding carboxylic acids is 3. The fourth-order valence-corrected chi connectivity index (χ4v) is 3.49. The quantitative estimate of drug-likeness (QED) is 0.384. The molecule has 0 aliphatic rings. The largest absolute Gasteiger partial charge is 0.493 e. The second kappa shape index (κ2) is 12.9. The van der Waals surface area contributed by atoms with Crippen LogP contribution in [0, 0.1) is 5.92 Å². The zero-order chi connectivity index (χ0) is 23.5. The number of rotatable bonds is 12. The molecule has 2 amide bonds. The van der Waals surface area contributed by atoms with Crippen LogP contribution in [0.1, 0.15) is 43.7 Å². The van der Waals surface area contributed by atoms with Gasteiger partial charge in [0.2, 0.25) is 12.3 Å². The second-order valence-corrected chi connectivity index (χ2v) is 8.65. The Bertz CT molecular complexity index is 884. The normalized spacial score (nSPS) is 12.7. The lowest BCUT2D eigenvalue weighted by atomic mass is 10.1. The number of pyridine rings is 1. The van der Waals surface area contributed by atoms with Gasteiger partial charge in [0.25, 0.3) is 0 Å². The van der Waals surface area contributed by atoms with Gasteiger partial charge in [-0.3, -0.25) is 24.7 Å². The van der Waals surface area contributed by atoms with Gasteiger partial charge in [-0.1, -0.05) is 32.0 Å². The summed E-state index contributed by atoms with van der Waals surface area (Å²) in [5.41, 5.74) is 2.73. The Morgan fingerprint density at radius 3 is 2.41 bits per heavy atom. The molecule has 2 unspecified atom stereocenters. The van der Waals surface area contributed by atoms with Crippen LogP contribution >= 0.6 is 11.8 Å². The predicted molar refractivity (Wildman–Crippen MR) is 124 cm³/mol. The number of hydrogen-bond donors (Lipinski definition) is 1. The van der Waals surface area contributed by atoms with E-state index in [9.17, 15) is 14.4 Å². The summed E-state index contributed by atoms with van der Waals surface area (Å²) in [7, 11) is 0. The van der Waals surface area contributed by atoms with Crippen LogP contribution in [0.15, 0.2) is 42.6 Å². The van der Waals surface area contributed by atoms with Crippen LogP contribution in [0.3, 0.4) is 0 Å². The van der Waals surface area contributed by atoms with E-state index < -0.39 is 0 Å². The molecule has 7 nitrogen and oxygen atoms in total. The summed E-state index contributed by atoms with van der Waals surface area (Å²) >= 11 is 1.40. The lowest BCUT2D eigenvalue weighted by molar-refractivity contribution is -0.152. The van der Waals surface area contributed by atoms with Crippen molar-refractivity contribution < 1.29 is 23.9 Å². The molecule has 0 saturated carbocycles. The minimum absolute atomic E-state index is 0.162. The van der Waals surface area contributed by atoms with Crippen molar-refractivity contribution in [1.29, 1.82) is 0 Å². The van der Waals surface area contributed by atoms with Crippen molar-refractivity contribution in [2.75, 3.05) is 12.9 Å². The molecule has 0 aliphatic heterocycles. The number of hydrogen-bond acceptors (Lipinski definition) is 7. The van der Waals surface area contributed by atoms with Crippen LogP contribution in [0.2, 0.25) is 0 Å². The molecule has 32 heavy (non-hydrogen) atoms. The van der Waals surface area contributed by atoms with Gasteiger partial charge in [0.05, 0.1) is 17.8 Å². The van der Waals surface area contributed by atoms with E-state index in [0.717, 1.165) is 22.6 Å². The molecule has 172 valence electrons. The van der Waals surface area contributed by atoms with E-state index in [2.05, 4.69) is 10.3 Å². The van der Waals surface area contributed by atoms with Gasteiger partial charge in [-0.15, -0.1) is 0 Å². The van der Waals surface area contributed by atoms with Gasteiger partial charge in [0, 0.05) is 23.9 Å². The van der Waals surface area contributed by atoms with Crippen molar-refractivity contribution in [2.24, 2.45) is 5.92 Å². The van der Waals surface area contributed by atoms with Gasteiger partial charge in [-0.2, -0.15) is 11.8 Å². The number of imide groups is 1. The Morgan fingerprint density at radius 2 is 1.84 bits per heavy atom. The van der Waals surface area contributed by atoms with Crippen LogP contribution in [0.5, 0.6) is 5.75 Å². The number of carbonyl (C=O) groups is 3. The molecule has 0 aliphatic carbocycles. The summed E-state index contributed by atoms with van der Waals surface area (Å²) in [4.78, 5) is 38.5. The summed E-state index contributed by atoms with van der Waals surface area (Å²) in [6.07, 6.45) is 4.81. The van der Waals surface area contributed by atoms with Crippen molar-refractivity contribution in [3.8, 4) is 5.75 Å². The Balaban J connectivity index is 1.81. The number of benzene rings is 1. The van der Waals surface area contributed by atoms with Crippen molar-refractivity contribution in [3.63, 3.8) is 0 Å². The molecule has 8 heteroatoms. The molecule has 1 N–H and O–H groups in total. The number of ether oxygens (including phenoxy) is 2. The predicted octanol–water partition coefficient (Wildman–Crippen LogP) is 3.51. The number of esters is 1. The maximum absolute atomic E-state index is 11.8. The highest BCUT2D eigenvalue weighted by Crippen LogP contribution is 2.19. The molecule has 2 rings (SSSR count). The van der Waals surface area contributed by atoms with Crippen molar-refractivity contribution >= 4 is 30.0 Å². The zero-order valence-corrected chi connectivity index (χ0v) is 19.7. The number of nitrogens with zero attached hydrogens (tertiary/aromatic N) is 1. The Kier molecular flexibility index (Phi) is 10.2.